The van der Waals surface area contributed by atoms with Gasteiger partial charge in [0.2, 0.25) is 0 Å². The molecule has 7 heteroatoms. The van der Waals surface area contributed by atoms with Gasteiger partial charge in [-0.05, 0) is 19.1 Å². The van der Waals surface area contributed by atoms with Crippen LogP contribution >= 0.6 is 0 Å². The molecule has 0 aliphatic rings. The van der Waals surface area contributed by atoms with Crippen LogP contribution in [-0.4, -0.2) is 30.2 Å². The van der Waals surface area contributed by atoms with Gasteiger partial charge in [0.25, 0.3) is 5.91 Å². The van der Waals surface area contributed by atoms with Gasteiger partial charge in [-0.3, -0.25) is 4.79 Å². The van der Waals surface area contributed by atoms with E-state index in [0.717, 1.165) is 5.56 Å². The Morgan fingerprint density at radius 2 is 2.13 bits per heavy atom. The first kappa shape index (κ1) is 16.3. The van der Waals surface area contributed by atoms with Crippen molar-refractivity contribution < 1.29 is 23.6 Å². The fourth-order valence-corrected chi connectivity index (χ4v) is 1.70. The first-order valence-electron chi connectivity index (χ1n) is 6.96. The van der Waals surface area contributed by atoms with Gasteiger partial charge in [-0.2, -0.15) is 0 Å². The maximum atomic E-state index is 11.6. The van der Waals surface area contributed by atoms with E-state index in [9.17, 15) is 9.59 Å². The van der Waals surface area contributed by atoms with Crippen LogP contribution in [0, 0.1) is 0 Å². The summed E-state index contributed by atoms with van der Waals surface area (Å²) < 4.78 is 14.8. The van der Waals surface area contributed by atoms with Gasteiger partial charge in [0.15, 0.2) is 12.4 Å². The molecule has 0 spiro atoms. The maximum Gasteiger partial charge on any atom is 0.331 e. The molecule has 23 heavy (non-hydrogen) atoms. The fraction of sp³-hybridized carbons (Fsp3) is 0.188. The molecule has 1 aromatic heterocycles. The summed E-state index contributed by atoms with van der Waals surface area (Å²) in [6.07, 6.45) is 4.13. The van der Waals surface area contributed by atoms with Crippen molar-refractivity contribution in [1.29, 1.82) is 0 Å². The van der Waals surface area contributed by atoms with Crippen LogP contribution in [0.2, 0.25) is 0 Å². The van der Waals surface area contributed by atoms with E-state index < -0.39 is 18.5 Å². The average molecular weight is 316 g/mol. The van der Waals surface area contributed by atoms with E-state index in [1.54, 1.807) is 12.1 Å². The molecule has 0 bridgehead atoms. The third-order valence-corrected chi connectivity index (χ3v) is 2.67. The molecule has 0 radical (unpaired) electrons. The molecule has 0 atom stereocenters. The summed E-state index contributed by atoms with van der Waals surface area (Å²) in [6, 6.07) is 8.77. The summed E-state index contributed by atoms with van der Waals surface area (Å²) >= 11 is 0. The fourth-order valence-electron chi connectivity index (χ4n) is 1.70. The minimum Gasteiger partial charge on any atom is -0.493 e. The van der Waals surface area contributed by atoms with E-state index in [2.05, 4.69) is 15.0 Å². The molecular weight excluding hydrogens is 300 g/mol. The SMILES string of the molecule is CCOc1ccccc1/C=C/C(=O)OCC(=O)Nc1ccon1. The first-order chi connectivity index (χ1) is 11.2. The number of anilines is 1. The number of para-hydroxylation sites is 1. The van der Waals surface area contributed by atoms with Gasteiger partial charge in [0.1, 0.15) is 12.0 Å². The predicted octanol–water partition coefficient (Wildman–Crippen LogP) is 2.27. The third-order valence-electron chi connectivity index (χ3n) is 2.67. The summed E-state index contributed by atoms with van der Waals surface area (Å²) in [5.41, 5.74) is 0.748. The molecule has 120 valence electrons. The molecule has 1 heterocycles. The topological polar surface area (TPSA) is 90.7 Å². The average Bonchev–Trinajstić information content (AvgIpc) is 3.05. The van der Waals surface area contributed by atoms with E-state index in [-0.39, 0.29) is 5.82 Å². The predicted molar refractivity (Wildman–Crippen MR) is 82.7 cm³/mol. The molecule has 1 N–H and O–H groups in total. The number of hydrogen-bond acceptors (Lipinski definition) is 6. The van der Waals surface area contributed by atoms with Gasteiger partial charge >= 0.3 is 5.97 Å². The number of esters is 1. The minimum absolute atomic E-state index is 0.257. The number of nitrogens with one attached hydrogen (secondary N) is 1. The van der Waals surface area contributed by atoms with Crippen LogP contribution in [0.25, 0.3) is 6.08 Å². The highest BCUT2D eigenvalue weighted by atomic mass is 16.5. The van der Waals surface area contributed by atoms with E-state index >= 15 is 0 Å². The molecular formula is C16H16N2O5. The molecule has 2 aromatic rings. The van der Waals surface area contributed by atoms with E-state index in [4.69, 9.17) is 9.47 Å². The van der Waals surface area contributed by atoms with Crippen LogP contribution in [0.4, 0.5) is 5.82 Å². The van der Waals surface area contributed by atoms with Crippen molar-refractivity contribution in [3.63, 3.8) is 0 Å². The Labute approximate surface area is 132 Å². The van der Waals surface area contributed by atoms with Crippen molar-refractivity contribution in [2.45, 2.75) is 6.92 Å². The Balaban J connectivity index is 1.83. The van der Waals surface area contributed by atoms with Crippen LogP contribution in [0.1, 0.15) is 12.5 Å². The molecule has 2 rings (SSSR count). The van der Waals surface area contributed by atoms with Gasteiger partial charge in [0.05, 0.1) is 6.61 Å². The second-order valence-electron chi connectivity index (χ2n) is 4.34. The molecule has 0 unspecified atom stereocenters. The van der Waals surface area contributed by atoms with Gasteiger partial charge in [-0.1, -0.05) is 23.4 Å². The summed E-state index contributed by atoms with van der Waals surface area (Å²) in [7, 11) is 0. The first-order valence-corrected chi connectivity index (χ1v) is 6.96. The lowest BCUT2D eigenvalue weighted by Crippen LogP contribution is -2.20. The van der Waals surface area contributed by atoms with E-state index in [0.29, 0.717) is 12.4 Å². The van der Waals surface area contributed by atoms with Crippen LogP contribution in [0.15, 0.2) is 47.2 Å². The molecule has 1 amide bonds. The molecule has 7 nitrogen and oxygen atoms in total. The van der Waals surface area contributed by atoms with Crippen LogP contribution in [0.5, 0.6) is 5.75 Å². The van der Waals surface area contributed by atoms with Crippen molar-refractivity contribution in [2.75, 3.05) is 18.5 Å². The second-order valence-corrected chi connectivity index (χ2v) is 4.34. The van der Waals surface area contributed by atoms with Crippen molar-refractivity contribution in [1.82, 2.24) is 5.16 Å². The zero-order valence-corrected chi connectivity index (χ0v) is 12.5. The van der Waals surface area contributed by atoms with Gasteiger partial charge in [-0.15, -0.1) is 0 Å². The monoisotopic (exact) mass is 316 g/mol. The molecule has 1 aromatic carbocycles. The number of benzene rings is 1. The Morgan fingerprint density at radius 1 is 1.30 bits per heavy atom. The molecule has 0 aliphatic carbocycles. The van der Waals surface area contributed by atoms with Crippen molar-refractivity contribution in [3.8, 4) is 5.75 Å². The largest absolute Gasteiger partial charge is 0.493 e. The lowest BCUT2D eigenvalue weighted by molar-refractivity contribution is -0.142. The van der Waals surface area contributed by atoms with Gasteiger partial charge in [0, 0.05) is 17.7 Å². The molecule has 0 aliphatic heterocycles. The number of ether oxygens (including phenoxy) is 2. The quantitative estimate of drug-likeness (QED) is 0.622. The van der Waals surface area contributed by atoms with Crippen LogP contribution in [-0.2, 0) is 14.3 Å². The molecule has 0 saturated heterocycles. The van der Waals surface area contributed by atoms with E-state index in [1.165, 1.54) is 18.4 Å². The third kappa shape index (κ3) is 5.31. The summed E-state index contributed by atoms with van der Waals surface area (Å²) in [5, 5.41) is 5.92. The Morgan fingerprint density at radius 3 is 2.87 bits per heavy atom. The standard InChI is InChI=1S/C16H16N2O5/c1-2-21-13-6-4-3-5-12(13)7-8-16(20)22-11-15(19)17-14-9-10-23-18-14/h3-10H,2,11H2,1H3,(H,17,18,19)/b8-7+. The zero-order chi connectivity index (χ0) is 16.5. The Bertz CT molecular complexity index is 680. The molecule has 0 saturated carbocycles. The Kier molecular flexibility index (Phi) is 5.93. The number of carbonyl (C=O) groups is 2. The normalized spacial score (nSPS) is 10.5. The van der Waals surface area contributed by atoms with E-state index in [1.807, 2.05) is 25.1 Å². The second kappa shape index (κ2) is 8.38. The highest BCUT2D eigenvalue weighted by Gasteiger charge is 2.07. The highest BCUT2D eigenvalue weighted by Crippen LogP contribution is 2.19. The number of amides is 1. The smallest absolute Gasteiger partial charge is 0.331 e. The molecule has 0 fully saturated rings. The summed E-state index contributed by atoms with van der Waals surface area (Å²) in [5.74, 6) is -0.211. The number of hydrogen-bond donors (Lipinski definition) is 1. The summed E-state index contributed by atoms with van der Waals surface area (Å²) in [6.45, 7) is 1.99. The lowest BCUT2D eigenvalue weighted by atomic mass is 10.2. The maximum absolute atomic E-state index is 11.6. The van der Waals surface area contributed by atoms with Crippen molar-refractivity contribution in [3.05, 3.63) is 48.2 Å². The number of carbonyl (C=O) groups excluding carboxylic acids is 2. The zero-order valence-electron chi connectivity index (χ0n) is 12.5. The summed E-state index contributed by atoms with van der Waals surface area (Å²) in [4.78, 5) is 23.1. The van der Waals surface area contributed by atoms with Crippen LogP contribution in [0.3, 0.4) is 0 Å². The van der Waals surface area contributed by atoms with Gasteiger partial charge < -0.3 is 19.3 Å². The van der Waals surface area contributed by atoms with Crippen LogP contribution < -0.4 is 10.1 Å². The Hall–Kier alpha value is -3.09. The highest BCUT2D eigenvalue weighted by molar-refractivity contribution is 5.94. The number of rotatable bonds is 7. The van der Waals surface area contributed by atoms with Crippen molar-refractivity contribution >= 4 is 23.8 Å². The number of nitrogens with zero attached hydrogens (tertiary/aromatic N) is 1. The lowest BCUT2D eigenvalue weighted by Gasteiger charge is -2.06. The minimum atomic E-state index is -0.633. The number of aromatic nitrogens is 1. The van der Waals surface area contributed by atoms with Crippen molar-refractivity contribution in [2.24, 2.45) is 0 Å². The van der Waals surface area contributed by atoms with Gasteiger partial charge in [-0.25, -0.2) is 4.79 Å².